The highest BCUT2D eigenvalue weighted by Crippen LogP contribution is 2.33. The van der Waals surface area contributed by atoms with Crippen LogP contribution >= 0.6 is 0 Å². The second-order valence-corrected chi connectivity index (χ2v) is 6.07. The first kappa shape index (κ1) is 15.4. The number of anilines is 3. The van der Waals surface area contributed by atoms with Gasteiger partial charge in [-0.2, -0.15) is 0 Å². The predicted molar refractivity (Wildman–Crippen MR) is 99.0 cm³/mol. The molecule has 0 bridgehead atoms. The molecule has 5 heteroatoms. The van der Waals surface area contributed by atoms with E-state index in [2.05, 4.69) is 27.7 Å². The summed E-state index contributed by atoms with van der Waals surface area (Å²) < 4.78 is 14.0. The number of nitrogens with one attached hydrogen (secondary N) is 2. The maximum Gasteiger partial charge on any atom is 0.257 e. The lowest BCUT2D eigenvalue weighted by Gasteiger charge is -2.25. The zero-order chi connectivity index (χ0) is 17.2. The summed E-state index contributed by atoms with van der Waals surface area (Å²) in [6, 6.07) is 12.6. The van der Waals surface area contributed by atoms with Gasteiger partial charge in [0.05, 0.1) is 11.3 Å². The summed E-state index contributed by atoms with van der Waals surface area (Å²) in [6.07, 6.45) is 6.99. The van der Waals surface area contributed by atoms with Crippen LogP contribution in [-0.2, 0) is 4.79 Å². The van der Waals surface area contributed by atoms with Gasteiger partial charge >= 0.3 is 0 Å². The minimum Gasteiger partial charge on any atom is -0.367 e. The van der Waals surface area contributed by atoms with E-state index in [1.165, 1.54) is 6.07 Å². The van der Waals surface area contributed by atoms with Crippen LogP contribution in [0.4, 0.5) is 21.5 Å². The van der Waals surface area contributed by atoms with Crippen molar-refractivity contribution in [3.05, 3.63) is 72.2 Å². The summed E-state index contributed by atoms with van der Waals surface area (Å²) in [4.78, 5) is 14.4. The molecule has 2 aromatic carbocycles. The molecular weight excluding hydrogens is 317 g/mol. The van der Waals surface area contributed by atoms with Crippen LogP contribution in [0.3, 0.4) is 0 Å². The van der Waals surface area contributed by atoms with Crippen molar-refractivity contribution in [2.75, 3.05) is 28.6 Å². The van der Waals surface area contributed by atoms with Crippen molar-refractivity contribution < 1.29 is 9.18 Å². The molecule has 4 rings (SSSR count). The second-order valence-electron chi connectivity index (χ2n) is 6.07. The predicted octanol–water partition coefficient (Wildman–Crippen LogP) is 4.00. The number of carbonyl (C=O) groups is 1. The van der Waals surface area contributed by atoms with Gasteiger partial charge in [-0.15, -0.1) is 0 Å². The summed E-state index contributed by atoms with van der Waals surface area (Å²) in [5.74, 6) is -0.707. The summed E-state index contributed by atoms with van der Waals surface area (Å²) in [5, 5.41) is 5.77. The van der Waals surface area contributed by atoms with Crippen molar-refractivity contribution in [2.24, 2.45) is 0 Å². The molecule has 2 heterocycles. The number of hydrogen-bond acceptors (Lipinski definition) is 3. The Labute approximate surface area is 145 Å². The maximum absolute atomic E-state index is 14.0. The van der Waals surface area contributed by atoms with E-state index in [0.717, 1.165) is 30.9 Å². The lowest BCUT2D eigenvalue weighted by molar-refractivity contribution is -0.110. The lowest BCUT2D eigenvalue weighted by atomic mass is 10.1. The molecule has 2 aromatic rings. The Bertz CT molecular complexity index is 871. The van der Waals surface area contributed by atoms with E-state index in [1.807, 2.05) is 24.3 Å². The van der Waals surface area contributed by atoms with Crippen molar-refractivity contribution in [3.8, 4) is 0 Å². The van der Waals surface area contributed by atoms with Crippen LogP contribution in [0.1, 0.15) is 12.0 Å². The molecule has 0 radical (unpaired) electrons. The minimum atomic E-state index is -0.405. The van der Waals surface area contributed by atoms with Crippen LogP contribution < -0.4 is 15.5 Å². The molecule has 25 heavy (non-hydrogen) atoms. The van der Waals surface area contributed by atoms with Gasteiger partial charge in [-0.1, -0.05) is 18.2 Å². The van der Waals surface area contributed by atoms with Crippen molar-refractivity contribution in [2.45, 2.75) is 6.42 Å². The summed E-state index contributed by atoms with van der Waals surface area (Å²) in [5.41, 5.74) is 3.14. The van der Waals surface area contributed by atoms with Gasteiger partial charge in [0, 0.05) is 36.2 Å². The fraction of sp³-hybridized carbons (Fsp3) is 0.150. The van der Waals surface area contributed by atoms with Crippen LogP contribution in [0.15, 0.2) is 60.8 Å². The maximum atomic E-state index is 14.0. The van der Waals surface area contributed by atoms with Crippen LogP contribution in [0.5, 0.6) is 0 Å². The SMILES string of the molecule is O=C1Nc2cccc(F)c2/C1=C\Nc1ccc(N2CC=CCC2)cc1. The monoisotopic (exact) mass is 335 g/mol. The van der Waals surface area contributed by atoms with Gasteiger partial charge in [0.2, 0.25) is 0 Å². The Morgan fingerprint density at radius 1 is 1.12 bits per heavy atom. The molecule has 4 nitrogen and oxygen atoms in total. The van der Waals surface area contributed by atoms with Crippen LogP contribution in [0.2, 0.25) is 0 Å². The third kappa shape index (κ3) is 3.01. The van der Waals surface area contributed by atoms with Gasteiger partial charge in [-0.05, 0) is 42.8 Å². The number of halogens is 1. The van der Waals surface area contributed by atoms with E-state index >= 15 is 0 Å². The standard InChI is InChI=1S/C20H18FN3O/c21-17-5-4-6-18-19(17)16(20(25)23-18)13-22-14-7-9-15(10-8-14)24-11-2-1-3-12-24/h1-2,4-10,13,22H,3,11-12H2,(H,23,25)/b16-13+. The number of amides is 1. The first-order valence-corrected chi connectivity index (χ1v) is 8.29. The van der Waals surface area contributed by atoms with Crippen molar-refractivity contribution in [1.82, 2.24) is 0 Å². The fourth-order valence-corrected chi connectivity index (χ4v) is 3.14. The molecule has 0 unspecified atom stereocenters. The van der Waals surface area contributed by atoms with Gasteiger partial charge in [-0.3, -0.25) is 4.79 Å². The molecule has 0 aliphatic carbocycles. The highest BCUT2D eigenvalue weighted by atomic mass is 19.1. The van der Waals surface area contributed by atoms with Crippen LogP contribution in [-0.4, -0.2) is 19.0 Å². The number of benzene rings is 2. The molecule has 0 spiro atoms. The summed E-state index contributed by atoms with van der Waals surface area (Å²) in [6.45, 7) is 1.94. The van der Waals surface area contributed by atoms with Crippen molar-refractivity contribution in [1.29, 1.82) is 0 Å². The summed E-state index contributed by atoms with van der Waals surface area (Å²) in [7, 11) is 0. The highest BCUT2D eigenvalue weighted by molar-refractivity contribution is 6.31. The van der Waals surface area contributed by atoms with E-state index in [-0.39, 0.29) is 5.91 Å². The molecular formula is C20H18FN3O. The Hall–Kier alpha value is -3.08. The molecule has 0 fully saturated rings. The summed E-state index contributed by atoms with van der Waals surface area (Å²) >= 11 is 0. The Morgan fingerprint density at radius 3 is 2.72 bits per heavy atom. The number of hydrogen-bond donors (Lipinski definition) is 2. The number of carbonyl (C=O) groups excluding carboxylic acids is 1. The Kier molecular flexibility index (Phi) is 3.98. The first-order chi connectivity index (χ1) is 12.2. The zero-order valence-corrected chi connectivity index (χ0v) is 13.6. The molecule has 2 aliphatic heterocycles. The molecule has 126 valence electrons. The van der Waals surface area contributed by atoms with Crippen molar-refractivity contribution in [3.63, 3.8) is 0 Å². The molecule has 2 aliphatic rings. The van der Waals surface area contributed by atoms with Crippen LogP contribution in [0, 0.1) is 5.82 Å². The number of nitrogens with zero attached hydrogens (tertiary/aromatic N) is 1. The van der Waals surface area contributed by atoms with Gasteiger partial charge < -0.3 is 15.5 Å². The third-order valence-electron chi connectivity index (χ3n) is 4.45. The third-order valence-corrected chi connectivity index (χ3v) is 4.45. The molecule has 0 aromatic heterocycles. The van der Waals surface area contributed by atoms with Crippen LogP contribution in [0.25, 0.3) is 5.57 Å². The van der Waals surface area contributed by atoms with E-state index in [4.69, 9.17) is 0 Å². The molecule has 2 N–H and O–H groups in total. The molecule has 0 saturated heterocycles. The van der Waals surface area contributed by atoms with E-state index in [1.54, 1.807) is 18.3 Å². The van der Waals surface area contributed by atoms with E-state index < -0.39 is 5.82 Å². The van der Waals surface area contributed by atoms with E-state index in [9.17, 15) is 9.18 Å². The minimum absolute atomic E-state index is 0.302. The Morgan fingerprint density at radius 2 is 1.96 bits per heavy atom. The second kappa shape index (κ2) is 6.43. The van der Waals surface area contributed by atoms with E-state index in [0.29, 0.717) is 16.8 Å². The first-order valence-electron chi connectivity index (χ1n) is 8.29. The lowest BCUT2D eigenvalue weighted by Crippen LogP contribution is -2.26. The smallest absolute Gasteiger partial charge is 0.257 e. The van der Waals surface area contributed by atoms with Gasteiger partial charge in [0.15, 0.2) is 0 Å². The molecule has 0 saturated carbocycles. The number of rotatable bonds is 3. The van der Waals surface area contributed by atoms with Gasteiger partial charge in [-0.25, -0.2) is 4.39 Å². The van der Waals surface area contributed by atoms with Crippen molar-refractivity contribution >= 4 is 28.5 Å². The largest absolute Gasteiger partial charge is 0.367 e. The van der Waals surface area contributed by atoms with Gasteiger partial charge in [0.25, 0.3) is 5.91 Å². The highest BCUT2D eigenvalue weighted by Gasteiger charge is 2.27. The average Bonchev–Trinajstić information content (AvgIpc) is 2.98. The molecule has 0 atom stereocenters. The molecule has 1 amide bonds. The number of fused-ring (bicyclic) bond motifs is 1. The fourth-order valence-electron chi connectivity index (χ4n) is 3.14. The normalized spacial score (nSPS) is 17.6. The zero-order valence-electron chi connectivity index (χ0n) is 13.6. The average molecular weight is 335 g/mol. The topological polar surface area (TPSA) is 44.4 Å². The Balaban J connectivity index is 1.53. The van der Waals surface area contributed by atoms with Gasteiger partial charge in [0.1, 0.15) is 5.82 Å². The quantitative estimate of drug-likeness (QED) is 0.658.